The first kappa shape index (κ1) is 19.5. The van der Waals surface area contributed by atoms with E-state index in [0.29, 0.717) is 17.1 Å². The summed E-state index contributed by atoms with van der Waals surface area (Å²) in [6, 6.07) is 25.5. The highest BCUT2D eigenvalue weighted by Crippen LogP contribution is 2.29. The molecule has 30 heavy (non-hydrogen) atoms. The second kappa shape index (κ2) is 8.26. The Morgan fingerprint density at radius 1 is 0.767 bits per heavy atom. The fourth-order valence-corrected chi connectivity index (χ4v) is 3.39. The van der Waals surface area contributed by atoms with E-state index in [2.05, 4.69) is 10.2 Å². The van der Waals surface area contributed by atoms with Crippen LogP contribution in [-0.2, 0) is 0 Å². The maximum Gasteiger partial charge on any atom is 0.290 e. The number of aromatic hydroxyl groups is 1. The molecule has 148 valence electrons. The first-order valence-corrected chi connectivity index (χ1v) is 9.67. The van der Waals surface area contributed by atoms with Crippen LogP contribution < -0.4 is 5.56 Å². The molecular weight excluding hydrogens is 396 g/mol. The van der Waals surface area contributed by atoms with E-state index in [1.54, 1.807) is 24.3 Å². The van der Waals surface area contributed by atoms with Crippen LogP contribution in [-0.4, -0.2) is 14.2 Å². The summed E-state index contributed by atoms with van der Waals surface area (Å²) < 4.78 is 2.89. The van der Waals surface area contributed by atoms with Crippen molar-refractivity contribution in [3.63, 3.8) is 0 Å². The summed E-state index contributed by atoms with van der Waals surface area (Å²) in [6.45, 7) is 1.97. The van der Waals surface area contributed by atoms with Crippen LogP contribution in [0.25, 0.3) is 11.4 Å². The molecule has 0 aliphatic rings. The van der Waals surface area contributed by atoms with Crippen LogP contribution in [0.4, 0.5) is 11.4 Å². The number of nitrogens with zero attached hydrogens (tertiary/aromatic N) is 4. The molecule has 0 bridgehead atoms. The van der Waals surface area contributed by atoms with Gasteiger partial charge < -0.3 is 5.11 Å². The highest BCUT2D eigenvalue weighted by atomic mass is 32.1. The standard InChI is InChI=1S/C23H18N4O2S/c1-16-12-14-19(15-13-16)27-22(29)20(25-24-17-8-4-2-5-9-17)21(28)26(23(27)30)18-10-6-3-7-11-18/h2-15,29H,1H3. The van der Waals surface area contributed by atoms with Crippen LogP contribution in [0.3, 0.4) is 0 Å². The molecule has 0 amide bonds. The monoisotopic (exact) mass is 414 g/mol. The van der Waals surface area contributed by atoms with Gasteiger partial charge in [-0.1, -0.05) is 54.1 Å². The van der Waals surface area contributed by atoms with Crippen LogP contribution in [0.1, 0.15) is 5.56 Å². The van der Waals surface area contributed by atoms with Crippen molar-refractivity contribution in [2.24, 2.45) is 10.2 Å². The maximum atomic E-state index is 13.2. The molecule has 4 rings (SSSR count). The highest BCUT2D eigenvalue weighted by Gasteiger charge is 2.19. The van der Waals surface area contributed by atoms with Crippen molar-refractivity contribution in [2.75, 3.05) is 0 Å². The Hall–Kier alpha value is -3.84. The highest BCUT2D eigenvalue weighted by molar-refractivity contribution is 7.71. The van der Waals surface area contributed by atoms with E-state index in [4.69, 9.17) is 12.2 Å². The van der Waals surface area contributed by atoms with E-state index >= 15 is 0 Å². The number of aryl methyl sites for hydroxylation is 1. The minimum Gasteiger partial charge on any atom is -0.492 e. The number of hydrogen-bond donors (Lipinski definition) is 1. The number of aromatic nitrogens is 2. The summed E-state index contributed by atoms with van der Waals surface area (Å²) in [4.78, 5) is 13.2. The summed E-state index contributed by atoms with van der Waals surface area (Å²) in [5, 5.41) is 19.1. The zero-order valence-electron chi connectivity index (χ0n) is 16.1. The second-order valence-electron chi connectivity index (χ2n) is 6.64. The third-order valence-electron chi connectivity index (χ3n) is 4.54. The van der Waals surface area contributed by atoms with Gasteiger partial charge in [-0.05, 0) is 55.5 Å². The predicted octanol–water partition coefficient (Wildman–Crippen LogP) is 5.79. The minimum atomic E-state index is -0.549. The van der Waals surface area contributed by atoms with Crippen LogP contribution in [0.5, 0.6) is 5.88 Å². The van der Waals surface area contributed by atoms with Crippen molar-refractivity contribution >= 4 is 23.6 Å². The van der Waals surface area contributed by atoms with Crippen LogP contribution in [0.2, 0.25) is 0 Å². The second-order valence-corrected chi connectivity index (χ2v) is 7.00. The largest absolute Gasteiger partial charge is 0.492 e. The summed E-state index contributed by atoms with van der Waals surface area (Å²) in [6.07, 6.45) is 0. The summed E-state index contributed by atoms with van der Waals surface area (Å²) >= 11 is 5.59. The molecular formula is C23H18N4O2S. The Morgan fingerprint density at radius 3 is 1.97 bits per heavy atom. The molecule has 0 saturated heterocycles. The van der Waals surface area contributed by atoms with Gasteiger partial charge in [-0.3, -0.25) is 13.9 Å². The van der Waals surface area contributed by atoms with Gasteiger partial charge in [0.25, 0.3) is 5.56 Å². The molecule has 6 nitrogen and oxygen atoms in total. The van der Waals surface area contributed by atoms with Gasteiger partial charge in [-0.2, -0.15) is 5.11 Å². The number of azo groups is 1. The van der Waals surface area contributed by atoms with Crippen molar-refractivity contribution in [1.82, 2.24) is 9.13 Å². The molecule has 0 saturated carbocycles. The molecule has 0 spiro atoms. The third kappa shape index (κ3) is 3.70. The average Bonchev–Trinajstić information content (AvgIpc) is 2.76. The molecule has 0 atom stereocenters. The Balaban J connectivity index is 2.01. The van der Waals surface area contributed by atoms with Crippen molar-refractivity contribution in [1.29, 1.82) is 0 Å². The van der Waals surface area contributed by atoms with Gasteiger partial charge in [-0.25, -0.2) is 0 Å². The number of benzene rings is 3. The van der Waals surface area contributed by atoms with Crippen molar-refractivity contribution < 1.29 is 5.11 Å². The lowest BCUT2D eigenvalue weighted by atomic mass is 10.2. The Labute approximate surface area is 178 Å². The number of hydrogen-bond acceptors (Lipinski definition) is 5. The lowest BCUT2D eigenvalue weighted by Gasteiger charge is -2.16. The fourth-order valence-electron chi connectivity index (χ4n) is 3.01. The third-order valence-corrected chi connectivity index (χ3v) is 4.91. The maximum absolute atomic E-state index is 13.2. The molecule has 3 aromatic carbocycles. The van der Waals surface area contributed by atoms with Crippen molar-refractivity contribution in [2.45, 2.75) is 6.92 Å². The molecule has 0 fully saturated rings. The van der Waals surface area contributed by atoms with E-state index in [-0.39, 0.29) is 16.3 Å². The molecule has 4 aromatic rings. The molecule has 0 aliphatic carbocycles. The molecule has 1 N–H and O–H groups in total. The van der Waals surface area contributed by atoms with E-state index in [0.717, 1.165) is 5.56 Å². The first-order valence-electron chi connectivity index (χ1n) is 9.26. The molecule has 1 heterocycles. The SMILES string of the molecule is Cc1ccc(-n2c(O)c(N=Nc3ccccc3)c(=O)n(-c3ccccc3)c2=S)cc1. The molecule has 0 aliphatic heterocycles. The lowest BCUT2D eigenvalue weighted by molar-refractivity contribution is 0.432. The van der Waals surface area contributed by atoms with Gasteiger partial charge in [0, 0.05) is 0 Å². The molecule has 7 heteroatoms. The van der Waals surface area contributed by atoms with E-state index < -0.39 is 5.56 Å². The molecule has 0 unspecified atom stereocenters. The Bertz CT molecular complexity index is 1330. The zero-order chi connectivity index (χ0) is 21.1. The summed E-state index contributed by atoms with van der Waals surface area (Å²) in [5.74, 6) is -0.360. The summed E-state index contributed by atoms with van der Waals surface area (Å²) in [7, 11) is 0. The minimum absolute atomic E-state index is 0.131. The average molecular weight is 414 g/mol. The smallest absolute Gasteiger partial charge is 0.290 e. The molecule has 1 aromatic heterocycles. The quantitative estimate of drug-likeness (QED) is 0.339. The van der Waals surface area contributed by atoms with Gasteiger partial charge in [0.1, 0.15) is 0 Å². The lowest BCUT2D eigenvalue weighted by Crippen LogP contribution is -2.23. The fraction of sp³-hybridized carbons (Fsp3) is 0.0435. The van der Waals surface area contributed by atoms with Gasteiger partial charge >= 0.3 is 0 Å². The van der Waals surface area contributed by atoms with Crippen LogP contribution in [0.15, 0.2) is 100.0 Å². The Kier molecular flexibility index (Phi) is 5.36. The van der Waals surface area contributed by atoms with E-state index in [1.165, 1.54) is 9.13 Å². The van der Waals surface area contributed by atoms with Crippen molar-refractivity contribution in [3.8, 4) is 17.3 Å². The van der Waals surface area contributed by atoms with Gasteiger partial charge in [0.15, 0.2) is 4.77 Å². The number of rotatable bonds is 4. The van der Waals surface area contributed by atoms with Gasteiger partial charge in [0.2, 0.25) is 11.6 Å². The normalized spacial score (nSPS) is 11.1. The van der Waals surface area contributed by atoms with Crippen LogP contribution >= 0.6 is 12.2 Å². The van der Waals surface area contributed by atoms with Crippen molar-refractivity contribution in [3.05, 3.63) is 106 Å². The van der Waals surface area contributed by atoms with E-state index in [9.17, 15) is 9.90 Å². The first-order chi connectivity index (χ1) is 14.6. The molecule has 0 radical (unpaired) electrons. The predicted molar refractivity (Wildman–Crippen MR) is 119 cm³/mol. The number of para-hydroxylation sites is 1. The topological polar surface area (TPSA) is 71.9 Å². The Morgan fingerprint density at radius 2 is 1.33 bits per heavy atom. The van der Waals surface area contributed by atoms with Gasteiger partial charge in [-0.15, -0.1) is 5.11 Å². The van der Waals surface area contributed by atoms with E-state index in [1.807, 2.05) is 67.6 Å². The summed E-state index contributed by atoms with van der Waals surface area (Å²) in [5.41, 5.74) is 2.06. The van der Waals surface area contributed by atoms with Crippen LogP contribution in [0, 0.1) is 11.7 Å². The zero-order valence-corrected chi connectivity index (χ0v) is 17.0. The van der Waals surface area contributed by atoms with Gasteiger partial charge in [0.05, 0.1) is 17.1 Å².